The molecule has 2 nitrogen and oxygen atoms in total. The number of halogens is 1. The highest BCUT2D eigenvalue weighted by Crippen LogP contribution is 2.47. The fourth-order valence-electron chi connectivity index (χ4n) is 3.07. The summed E-state index contributed by atoms with van der Waals surface area (Å²) in [6.45, 7) is 7.57. The zero-order valence-electron chi connectivity index (χ0n) is 10.4. The topological polar surface area (TPSA) is 20.3 Å². The summed E-state index contributed by atoms with van der Waals surface area (Å²) in [7, 11) is 4.14. The van der Waals surface area contributed by atoms with Crippen LogP contribution in [0.5, 0.6) is 0 Å². The number of Topliss-reactive ketones (excluding diaryl/α,β-unsaturated/α-hetero) is 1. The summed E-state index contributed by atoms with van der Waals surface area (Å²) >= 11 is 3.53. The maximum absolute atomic E-state index is 11.9. The molecule has 0 spiro atoms. The molecule has 1 fully saturated rings. The Labute approximate surface area is 102 Å². The summed E-state index contributed by atoms with van der Waals surface area (Å²) in [6.07, 6.45) is 1.80. The van der Waals surface area contributed by atoms with E-state index in [-0.39, 0.29) is 15.7 Å². The van der Waals surface area contributed by atoms with Crippen molar-refractivity contribution in [2.75, 3.05) is 20.6 Å². The van der Waals surface area contributed by atoms with E-state index in [9.17, 15) is 4.79 Å². The smallest absolute Gasteiger partial charge is 0.147 e. The number of rotatable bonds is 2. The van der Waals surface area contributed by atoms with Gasteiger partial charge in [0.2, 0.25) is 0 Å². The molecule has 88 valence electrons. The summed E-state index contributed by atoms with van der Waals surface area (Å²) in [6, 6.07) is 0. The van der Waals surface area contributed by atoms with Crippen LogP contribution in [-0.4, -0.2) is 36.2 Å². The molecule has 0 bridgehead atoms. The van der Waals surface area contributed by atoms with Gasteiger partial charge in [-0.1, -0.05) is 36.7 Å². The Morgan fingerprint density at radius 1 is 1.40 bits per heavy atom. The number of alkyl halides is 1. The largest absolute Gasteiger partial charge is 0.309 e. The van der Waals surface area contributed by atoms with Crippen LogP contribution in [0, 0.1) is 10.8 Å². The van der Waals surface area contributed by atoms with E-state index < -0.39 is 0 Å². The van der Waals surface area contributed by atoms with Crippen LogP contribution in [-0.2, 0) is 4.79 Å². The monoisotopic (exact) mass is 275 g/mol. The second-order valence-corrected chi connectivity index (χ2v) is 7.14. The molecule has 1 rings (SSSR count). The first-order valence-electron chi connectivity index (χ1n) is 5.48. The minimum Gasteiger partial charge on any atom is -0.309 e. The normalized spacial score (nSPS) is 35.9. The van der Waals surface area contributed by atoms with E-state index >= 15 is 0 Å². The van der Waals surface area contributed by atoms with Gasteiger partial charge in [-0.25, -0.2) is 0 Å². The Hall–Kier alpha value is 0.110. The van der Waals surface area contributed by atoms with Crippen molar-refractivity contribution in [3.8, 4) is 0 Å². The molecule has 0 radical (unpaired) electrons. The molecular weight excluding hydrogens is 254 g/mol. The van der Waals surface area contributed by atoms with E-state index in [0.29, 0.717) is 12.2 Å². The maximum atomic E-state index is 11.9. The number of hydrogen-bond donors (Lipinski definition) is 0. The van der Waals surface area contributed by atoms with Crippen LogP contribution in [0.2, 0.25) is 0 Å². The fraction of sp³-hybridized carbons (Fsp3) is 0.917. The predicted octanol–water partition coefficient (Wildman–Crippen LogP) is 2.71. The van der Waals surface area contributed by atoms with Crippen molar-refractivity contribution in [1.82, 2.24) is 4.90 Å². The molecule has 0 amide bonds. The van der Waals surface area contributed by atoms with E-state index in [4.69, 9.17) is 0 Å². The van der Waals surface area contributed by atoms with Gasteiger partial charge in [-0.05, 0) is 31.3 Å². The zero-order chi connectivity index (χ0) is 11.9. The van der Waals surface area contributed by atoms with Gasteiger partial charge in [-0.3, -0.25) is 4.79 Å². The summed E-state index contributed by atoms with van der Waals surface area (Å²) in [5.74, 6) is 0.357. The first-order valence-corrected chi connectivity index (χ1v) is 6.39. The summed E-state index contributed by atoms with van der Waals surface area (Å²) < 4.78 is 0. The van der Waals surface area contributed by atoms with Crippen molar-refractivity contribution in [3.63, 3.8) is 0 Å². The average Bonchev–Trinajstić information content (AvgIpc) is 1.96. The molecule has 1 aliphatic rings. The van der Waals surface area contributed by atoms with Gasteiger partial charge in [0.05, 0.1) is 4.83 Å². The highest BCUT2D eigenvalue weighted by Gasteiger charge is 2.46. The van der Waals surface area contributed by atoms with E-state index in [1.165, 1.54) is 0 Å². The Bertz CT molecular complexity index is 262. The quantitative estimate of drug-likeness (QED) is 0.723. The van der Waals surface area contributed by atoms with Crippen LogP contribution in [0.15, 0.2) is 0 Å². The molecule has 0 aromatic heterocycles. The molecule has 0 aromatic carbocycles. The Morgan fingerprint density at radius 2 is 1.93 bits per heavy atom. The first-order chi connectivity index (χ1) is 6.66. The molecule has 0 heterocycles. The maximum Gasteiger partial charge on any atom is 0.147 e. The number of carbonyl (C=O) groups excluding carboxylic acids is 1. The fourth-order valence-corrected chi connectivity index (χ4v) is 3.40. The van der Waals surface area contributed by atoms with Crippen molar-refractivity contribution in [2.24, 2.45) is 10.8 Å². The van der Waals surface area contributed by atoms with Crippen LogP contribution in [0.4, 0.5) is 0 Å². The summed E-state index contributed by atoms with van der Waals surface area (Å²) in [4.78, 5) is 14.1. The van der Waals surface area contributed by atoms with Crippen LogP contribution in [0.1, 0.15) is 33.6 Å². The molecule has 0 aromatic rings. The lowest BCUT2D eigenvalue weighted by atomic mass is 9.64. The first kappa shape index (κ1) is 13.2. The van der Waals surface area contributed by atoms with Gasteiger partial charge < -0.3 is 4.90 Å². The molecular formula is C12H22BrNO. The van der Waals surface area contributed by atoms with E-state index in [1.807, 2.05) is 0 Å². The lowest BCUT2D eigenvalue weighted by Gasteiger charge is -2.45. The van der Waals surface area contributed by atoms with Crippen LogP contribution >= 0.6 is 15.9 Å². The number of ketones is 1. The standard InChI is InChI=1S/C12H22BrNO/c1-11(2)7-12(3,8-14(4)5)6-9(15)10(11)13/h10H,6-8H2,1-5H3/t10-,12-/m0/s1. The second kappa shape index (κ2) is 4.17. The number of nitrogens with zero attached hydrogens (tertiary/aromatic N) is 1. The summed E-state index contributed by atoms with van der Waals surface area (Å²) in [5.41, 5.74) is 0.203. The van der Waals surface area contributed by atoms with Gasteiger partial charge in [0, 0.05) is 13.0 Å². The molecule has 1 saturated carbocycles. The third-order valence-electron chi connectivity index (χ3n) is 3.15. The predicted molar refractivity (Wildman–Crippen MR) is 67.4 cm³/mol. The van der Waals surface area contributed by atoms with Gasteiger partial charge in [-0.15, -0.1) is 0 Å². The lowest BCUT2D eigenvalue weighted by Crippen LogP contribution is -2.48. The number of hydrogen-bond acceptors (Lipinski definition) is 2. The van der Waals surface area contributed by atoms with Crippen molar-refractivity contribution in [2.45, 2.75) is 38.4 Å². The molecule has 3 heteroatoms. The van der Waals surface area contributed by atoms with Crippen molar-refractivity contribution in [3.05, 3.63) is 0 Å². The molecule has 15 heavy (non-hydrogen) atoms. The summed E-state index contributed by atoms with van der Waals surface area (Å²) in [5, 5.41) is 0. The molecule has 2 atom stereocenters. The van der Waals surface area contributed by atoms with Crippen LogP contribution in [0.3, 0.4) is 0 Å². The van der Waals surface area contributed by atoms with Crippen molar-refractivity contribution < 1.29 is 4.79 Å². The Morgan fingerprint density at radius 3 is 2.33 bits per heavy atom. The Balaban J connectivity index is 2.83. The van der Waals surface area contributed by atoms with Gasteiger partial charge in [0.25, 0.3) is 0 Å². The van der Waals surface area contributed by atoms with Gasteiger partial charge in [-0.2, -0.15) is 0 Å². The molecule has 0 aliphatic heterocycles. The third kappa shape index (κ3) is 3.04. The van der Waals surface area contributed by atoms with Gasteiger partial charge >= 0.3 is 0 Å². The molecule has 0 N–H and O–H groups in total. The van der Waals surface area contributed by atoms with Gasteiger partial charge in [0.1, 0.15) is 5.78 Å². The highest BCUT2D eigenvalue weighted by atomic mass is 79.9. The SMILES string of the molecule is CN(C)C[C@@]1(C)CC(=O)[C@H](Br)C(C)(C)C1. The highest BCUT2D eigenvalue weighted by molar-refractivity contribution is 9.10. The van der Waals surface area contributed by atoms with Gasteiger partial charge in [0.15, 0.2) is 0 Å². The number of carbonyl (C=O) groups is 1. The lowest BCUT2D eigenvalue weighted by molar-refractivity contribution is -0.126. The third-order valence-corrected chi connectivity index (χ3v) is 4.90. The molecule has 1 aliphatic carbocycles. The molecule has 0 unspecified atom stereocenters. The van der Waals surface area contributed by atoms with E-state index in [2.05, 4.69) is 55.7 Å². The average molecular weight is 276 g/mol. The van der Waals surface area contributed by atoms with Crippen LogP contribution in [0.25, 0.3) is 0 Å². The van der Waals surface area contributed by atoms with E-state index in [1.54, 1.807) is 0 Å². The molecule has 0 saturated heterocycles. The minimum absolute atomic E-state index is 0.0280. The van der Waals surface area contributed by atoms with E-state index in [0.717, 1.165) is 13.0 Å². The second-order valence-electron chi connectivity index (χ2n) is 6.22. The van der Waals surface area contributed by atoms with Crippen LogP contribution < -0.4 is 0 Å². The van der Waals surface area contributed by atoms with Crippen molar-refractivity contribution >= 4 is 21.7 Å². The Kier molecular flexibility index (Phi) is 3.66. The zero-order valence-corrected chi connectivity index (χ0v) is 12.0. The minimum atomic E-state index is 0.0280. The van der Waals surface area contributed by atoms with Crippen molar-refractivity contribution in [1.29, 1.82) is 0 Å².